The Morgan fingerprint density at radius 3 is 2.52 bits per heavy atom. The van der Waals surface area contributed by atoms with Gasteiger partial charge in [-0.3, -0.25) is 0 Å². The van der Waals surface area contributed by atoms with E-state index in [-0.39, 0.29) is 12.4 Å². The number of benzene rings is 1. The van der Waals surface area contributed by atoms with Gasteiger partial charge >= 0.3 is 0 Å². The summed E-state index contributed by atoms with van der Waals surface area (Å²) in [6.07, 6.45) is 0.975. The van der Waals surface area contributed by atoms with Crippen molar-refractivity contribution in [1.82, 2.24) is 4.72 Å². The SMILES string of the molecule is CS(=O)(=O)CCS(=O)(=O)NCc1cccc(C(N)=NO)c1. The molecule has 0 aliphatic heterocycles. The first kappa shape index (κ1) is 17.4. The average Bonchev–Trinajstić information content (AvgIpc) is 2.42. The van der Waals surface area contributed by atoms with Crippen LogP contribution in [0.2, 0.25) is 0 Å². The number of hydrogen-bond acceptors (Lipinski definition) is 6. The Hall–Kier alpha value is -1.65. The molecular formula is C11H17N3O5S2. The van der Waals surface area contributed by atoms with Gasteiger partial charge in [-0.2, -0.15) is 0 Å². The molecule has 21 heavy (non-hydrogen) atoms. The number of hydrogen-bond donors (Lipinski definition) is 3. The van der Waals surface area contributed by atoms with E-state index in [1.54, 1.807) is 24.3 Å². The van der Waals surface area contributed by atoms with Crippen molar-refractivity contribution < 1.29 is 22.0 Å². The molecule has 10 heteroatoms. The third-order valence-electron chi connectivity index (χ3n) is 2.55. The predicted octanol–water partition coefficient (Wildman–Crippen LogP) is -0.755. The number of sulfone groups is 1. The highest BCUT2D eigenvalue weighted by Crippen LogP contribution is 2.05. The molecule has 0 radical (unpaired) electrons. The number of oxime groups is 1. The van der Waals surface area contributed by atoms with E-state index >= 15 is 0 Å². The number of amidine groups is 1. The van der Waals surface area contributed by atoms with Crippen LogP contribution in [-0.4, -0.2) is 45.6 Å². The smallest absolute Gasteiger partial charge is 0.212 e. The summed E-state index contributed by atoms with van der Waals surface area (Å²) in [6, 6.07) is 6.46. The highest BCUT2D eigenvalue weighted by Gasteiger charge is 2.14. The minimum atomic E-state index is -3.69. The second kappa shape index (κ2) is 6.87. The van der Waals surface area contributed by atoms with Crippen molar-refractivity contribution in [2.75, 3.05) is 17.8 Å². The van der Waals surface area contributed by atoms with Gasteiger partial charge in [0.25, 0.3) is 0 Å². The Morgan fingerprint density at radius 2 is 1.95 bits per heavy atom. The molecule has 0 aliphatic carbocycles. The van der Waals surface area contributed by atoms with Crippen molar-refractivity contribution in [1.29, 1.82) is 0 Å². The van der Waals surface area contributed by atoms with Gasteiger partial charge in [0, 0.05) is 18.4 Å². The fourth-order valence-electron chi connectivity index (χ4n) is 1.42. The molecule has 0 aromatic heterocycles. The average molecular weight is 335 g/mol. The molecule has 0 fully saturated rings. The lowest BCUT2D eigenvalue weighted by atomic mass is 10.1. The Morgan fingerprint density at radius 1 is 1.29 bits per heavy atom. The van der Waals surface area contributed by atoms with Crippen LogP contribution < -0.4 is 10.5 Å². The Labute approximate surface area is 123 Å². The van der Waals surface area contributed by atoms with Crippen LogP contribution in [0.15, 0.2) is 29.4 Å². The maximum atomic E-state index is 11.7. The summed E-state index contributed by atoms with van der Waals surface area (Å²) in [5, 5.41) is 11.4. The van der Waals surface area contributed by atoms with Crippen molar-refractivity contribution in [3.8, 4) is 0 Å². The van der Waals surface area contributed by atoms with E-state index in [4.69, 9.17) is 10.9 Å². The predicted molar refractivity (Wildman–Crippen MR) is 79.3 cm³/mol. The molecule has 0 saturated heterocycles. The van der Waals surface area contributed by atoms with Crippen LogP contribution >= 0.6 is 0 Å². The topological polar surface area (TPSA) is 139 Å². The monoisotopic (exact) mass is 335 g/mol. The molecule has 1 rings (SSSR count). The maximum Gasteiger partial charge on any atom is 0.212 e. The normalized spacial score (nSPS) is 13.3. The highest BCUT2D eigenvalue weighted by atomic mass is 32.2. The molecule has 0 saturated carbocycles. The number of nitrogens with one attached hydrogen (secondary N) is 1. The third-order valence-corrected chi connectivity index (χ3v) is 5.08. The third kappa shape index (κ3) is 6.56. The summed E-state index contributed by atoms with van der Waals surface area (Å²) in [4.78, 5) is 0. The minimum absolute atomic E-state index is 0.0152. The summed E-state index contributed by atoms with van der Waals surface area (Å²) in [5.74, 6) is -1.02. The van der Waals surface area contributed by atoms with Crippen LogP contribution in [-0.2, 0) is 26.4 Å². The summed E-state index contributed by atoms with van der Waals surface area (Å²) >= 11 is 0. The summed E-state index contributed by atoms with van der Waals surface area (Å²) in [6.45, 7) is -0.0152. The number of nitrogens with two attached hydrogens (primary N) is 1. The second-order valence-corrected chi connectivity index (χ2v) is 8.64. The fourth-order valence-corrected chi connectivity index (χ4v) is 4.04. The molecule has 1 aromatic rings. The second-order valence-electron chi connectivity index (χ2n) is 4.46. The van der Waals surface area contributed by atoms with E-state index in [9.17, 15) is 16.8 Å². The summed E-state index contributed by atoms with van der Waals surface area (Å²) < 4.78 is 47.5. The lowest BCUT2D eigenvalue weighted by Gasteiger charge is -2.07. The van der Waals surface area contributed by atoms with Gasteiger partial charge in [-0.15, -0.1) is 0 Å². The zero-order valence-corrected chi connectivity index (χ0v) is 13.0. The standard InChI is InChI=1S/C11H17N3O5S2/c1-20(16,17)5-6-21(18,19)13-8-9-3-2-4-10(7-9)11(12)14-15/h2-4,7,13,15H,5-6,8H2,1H3,(H2,12,14). The highest BCUT2D eigenvalue weighted by molar-refractivity contribution is 7.93. The van der Waals surface area contributed by atoms with E-state index in [1.165, 1.54) is 0 Å². The Kier molecular flexibility index (Phi) is 5.70. The van der Waals surface area contributed by atoms with E-state index < -0.39 is 31.4 Å². The first-order chi connectivity index (χ1) is 9.63. The van der Waals surface area contributed by atoms with Crippen molar-refractivity contribution in [3.63, 3.8) is 0 Å². The zero-order chi connectivity index (χ0) is 16.1. The molecule has 0 atom stereocenters. The molecule has 0 spiro atoms. The molecule has 4 N–H and O–H groups in total. The molecule has 0 unspecified atom stereocenters. The van der Waals surface area contributed by atoms with Gasteiger partial charge < -0.3 is 10.9 Å². The Bertz CT molecular complexity index is 726. The van der Waals surface area contributed by atoms with Crippen molar-refractivity contribution in [2.24, 2.45) is 10.9 Å². The number of rotatable bonds is 7. The quantitative estimate of drug-likeness (QED) is 0.259. The van der Waals surface area contributed by atoms with Gasteiger partial charge in [0.1, 0.15) is 9.84 Å². The minimum Gasteiger partial charge on any atom is -0.409 e. The van der Waals surface area contributed by atoms with Crippen LogP contribution in [0.25, 0.3) is 0 Å². The maximum absolute atomic E-state index is 11.7. The molecule has 1 aromatic carbocycles. The van der Waals surface area contributed by atoms with Crippen molar-refractivity contribution >= 4 is 25.7 Å². The molecular weight excluding hydrogens is 318 g/mol. The van der Waals surface area contributed by atoms with Crippen LogP contribution in [0.4, 0.5) is 0 Å². The molecule has 0 aliphatic rings. The van der Waals surface area contributed by atoms with Gasteiger partial charge in [-0.25, -0.2) is 21.6 Å². The molecule has 0 heterocycles. The first-order valence-corrected chi connectivity index (χ1v) is 9.56. The summed E-state index contributed by atoms with van der Waals surface area (Å²) in [5.41, 5.74) is 6.48. The van der Waals surface area contributed by atoms with Gasteiger partial charge in [0.15, 0.2) is 5.84 Å². The lowest BCUT2D eigenvalue weighted by Crippen LogP contribution is -2.29. The van der Waals surface area contributed by atoms with Gasteiger partial charge in [-0.1, -0.05) is 23.4 Å². The van der Waals surface area contributed by atoms with Crippen LogP contribution in [0.1, 0.15) is 11.1 Å². The van der Waals surface area contributed by atoms with E-state index in [1.807, 2.05) is 0 Å². The summed E-state index contributed by atoms with van der Waals surface area (Å²) in [7, 11) is -7.03. The molecule has 8 nitrogen and oxygen atoms in total. The first-order valence-electron chi connectivity index (χ1n) is 5.85. The van der Waals surface area contributed by atoms with E-state index in [0.29, 0.717) is 11.1 Å². The largest absolute Gasteiger partial charge is 0.409 e. The lowest BCUT2D eigenvalue weighted by molar-refractivity contribution is 0.318. The van der Waals surface area contributed by atoms with E-state index in [2.05, 4.69) is 9.88 Å². The van der Waals surface area contributed by atoms with Gasteiger partial charge in [-0.05, 0) is 11.6 Å². The van der Waals surface area contributed by atoms with Crippen molar-refractivity contribution in [2.45, 2.75) is 6.54 Å². The van der Waals surface area contributed by atoms with Crippen LogP contribution in [0, 0.1) is 0 Å². The van der Waals surface area contributed by atoms with Crippen molar-refractivity contribution in [3.05, 3.63) is 35.4 Å². The van der Waals surface area contributed by atoms with E-state index in [0.717, 1.165) is 6.26 Å². The molecule has 118 valence electrons. The number of nitrogens with zero attached hydrogens (tertiary/aromatic N) is 1. The van der Waals surface area contributed by atoms with Gasteiger partial charge in [0.05, 0.1) is 11.5 Å². The Balaban J connectivity index is 2.71. The van der Waals surface area contributed by atoms with Gasteiger partial charge in [0.2, 0.25) is 10.0 Å². The molecule has 0 amide bonds. The number of sulfonamides is 1. The molecule has 0 bridgehead atoms. The zero-order valence-electron chi connectivity index (χ0n) is 11.4. The van der Waals surface area contributed by atoms with Crippen LogP contribution in [0.5, 0.6) is 0 Å². The fraction of sp³-hybridized carbons (Fsp3) is 0.364. The van der Waals surface area contributed by atoms with Crippen LogP contribution in [0.3, 0.4) is 0 Å².